The molecule has 0 saturated carbocycles. The summed E-state index contributed by atoms with van der Waals surface area (Å²) in [6.45, 7) is 4.83. The van der Waals surface area contributed by atoms with E-state index in [2.05, 4.69) is 27.3 Å². The van der Waals surface area contributed by atoms with Gasteiger partial charge >= 0.3 is 0 Å². The Morgan fingerprint density at radius 2 is 1.76 bits per heavy atom. The van der Waals surface area contributed by atoms with Gasteiger partial charge in [-0.1, -0.05) is 40.5 Å². The minimum atomic E-state index is -0.538. The molecule has 0 bridgehead atoms. The summed E-state index contributed by atoms with van der Waals surface area (Å²) in [6.07, 6.45) is 0.532. The van der Waals surface area contributed by atoms with Crippen LogP contribution in [0.5, 0.6) is 0 Å². The van der Waals surface area contributed by atoms with Crippen LogP contribution in [-0.2, 0) is 6.42 Å². The SMILES string of the molecule is CCNC(Cc1cc(F)cc(F)c1)c1cc(C)ccc1Br. The number of likely N-dealkylation sites (N-methyl/N-ethyl adjacent to an activating group) is 1. The molecule has 21 heavy (non-hydrogen) atoms. The van der Waals surface area contributed by atoms with Gasteiger partial charge in [0.05, 0.1) is 0 Å². The molecule has 1 N–H and O–H groups in total. The number of nitrogens with one attached hydrogen (secondary N) is 1. The minimum absolute atomic E-state index is 0.00507. The first-order chi connectivity index (χ1) is 9.99. The van der Waals surface area contributed by atoms with Gasteiger partial charge in [-0.3, -0.25) is 0 Å². The molecule has 1 unspecified atom stereocenters. The highest BCUT2D eigenvalue weighted by Gasteiger charge is 2.15. The number of rotatable bonds is 5. The maximum Gasteiger partial charge on any atom is 0.126 e. The summed E-state index contributed by atoms with van der Waals surface area (Å²) < 4.78 is 27.7. The highest BCUT2D eigenvalue weighted by atomic mass is 79.9. The fourth-order valence-corrected chi connectivity index (χ4v) is 2.96. The van der Waals surface area contributed by atoms with Crippen molar-refractivity contribution in [1.82, 2.24) is 5.32 Å². The van der Waals surface area contributed by atoms with Crippen molar-refractivity contribution in [3.05, 3.63) is 69.2 Å². The molecule has 0 fully saturated rings. The van der Waals surface area contributed by atoms with Crippen LogP contribution in [0.15, 0.2) is 40.9 Å². The highest BCUT2D eigenvalue weighted by Crippen LogP contribution is 2.27. The lowest BCUT2D eigenvalue weighted by Crippen LogP contribution is -2.23. The third-order valence-corrected chi connectivity index (χ3v) is 4.06. The van der Waals surface area contributed by atoms with E-state index in [1.165, 1.54) is 12.1 Å². The first-order valence-corrected chi connectivity index (χ1v) is 7.73. The molecule has 0 amide bonds. The molecule has 0 aliphatic rings. The van der Waals surface area contributed by atoms with Gasteiger partial charge in [0, 0.05) is 16.6 Å². The molecule has 0 aromatic heterocycles. The van der Waals surface area contributed by atoms with Crippen molar-refractivity contribution >= 4 is 15.9 Å². The van der Waals surface area contributed by atoms with Crippen molar-refractivity contribution in [3.8, 4) is 0 Å². The van der Waals surface area contributed by atoms with Crippen LogP contribution in [-0.4, -0.2) is 6.54 Å². The summed E-state index contributed by atoms with van der Waals surface area (Å²) >= 11 is 3.56. The van der Waals surface area contributed by atoms with Crippen LogP contribution in [0.4, 0.5) is 8.78 Å². The van der Waals surface area contributed by atoms with E-state index in [9.17, 15) is 8.78 Å². The molecule has 2 aromatic carbocycles. The van der Waals surface area contributed by atoms with Gasteiger partial charge in [0.15, 0.2) is 0 Å². The Balaban J connectivity index is 2.32. The molecule has 2 rings (SSSR count). The Labute approximate surface area is 132 Å². The molecule has 0 aliphatic carbocycles. The van der Waals surface area contributed by atoms with E-state index < -0.39 is 11.6 Å². The van der Waals surface area contributed by atoms with Gasteiger partial charge in [0.25, 0.3) is 0 Å². The van der Waals surface area contributed by atoms with Crippen molar-refractivity contribution < 1.29 is 8.78 Å². The zero-order chi connectivity index (χ0) is 15.4. The van der Waals surface area contributed by atoms with Gasteiger partial charge in [0.2, 0.25) is 0 Å². The molecule has 0 spiro atoms. The van der Waals surface area contributed by atoms with Gasteiger partial charge in [-0.15, -0.1) is 0 Å². The Bertz CT molecular complexity index is 608. The van der Waals surface area contributed by atoms with E-state index in [1.807, 2.05) is 26.0 Å². The predicted molar refractivity (Wildman–Crippen MR) is 85.4 cm³/mol. The van der Waals surface area contributed by atoms with Gasteiger partial charge in [-0.2, -0.15) is 0 Å². The second-order valence-corrected chi connectivity index (χ2v) is 5.97. The summed E-state index contributed by atoms with van der Waals surface area (Å²) in [6, 6.07) is 9.79. The van der Waals surface area contributed by atoms with E-state index in [0.717, 1.165) is 28.2 Å². The summed E-state index contributed by atoms with van der Waals surface area (Å²) in [5.41, 5.74) is 2.90. The molecule has 112 valence electrons. The van der Waals surface area contributed by atoms with E-state index in [0.29, 0.717) is 12.0 Å². The van der Waals surface area contributed by atoms with Crippen LogP contribution < -0.4 is 5.32 Å². The number of halogens is 3. The fraction of sp³-hybridized carbons (Fsp3) is 0.294. The molecule has 1 atom stereocenters. The van der Waals surface area contributed by atoms with Gasteiger partial charge in [-0.25, -0.2) is 8.78 Å². The van der Waals surface area contributed by atoms with Crippen molar-refractivity contribution in [3.63, 3.8) is 0 Å². The second-order valence-electron chi connectivity index (χ2n) is 5.12. The van der Waals surface area contributed by atoms with E-state index in [4.69, 9.17) is 0 Å². The number of benzene rings is 2. The fourth-order valence-electron chi connectivity index (χ4n) is 2.43. The number of aryl methyl sites for hydroxylation is 1. The summed E-state index contributed by atoms with van der Waals surface area (Å²) in [5.74, 6) is -1.08. The predicted octanol–water partition coefficient (Wildman–Crippen LogP) is 4.93. The van der Waals surface area contributed by atoms with Crippen LogP contribution in [0.2, 0.25) is 0 Å². The number of hydrogen-bond acceptors (Lipinski definition) is 1. The Hall–Kier alpha value is -1.26. The lowest BCUT2D eigenvalue weighted by atomic mass is 9.97. The molecule has 4 heteroatoms. The monoisotopic (exact) mass is 353 g/mol. The molecule has 0 radical (unpaired) electrons. The first-order valence-electron chi connectivity index (χ1n) is 6.94. The van der Waals surface area contributed by atoms with Crippen LogP contribution in [0.1, 0.15) is 29.7 Å². The largest absolute Gasteiger partial charge is 0.310 e. The van der Waals surface area contributed by atoms with Crippen molar-refractivity contribution in [1.29, 1.82) is 0 Å². The van der Waals surface area contributed by atoms with Crippen LogP contribution >= 0.6 is 15.9 Å². The molecule has 1 nitrogen and oxygen atoms in total. The average Bonchev–Trinajstić information content (AvgIpc) is 2.40. The topological polar surface area (TPSA) is 12.0 Å². The standard InChI is InChI=1S/C17H18BrF2N/c1-3-21-17(15-6-11(2)4-5-16(15)18)9-12-7-13(19)10-14(20)8-12/h4-8,10,17,21H,3,9H2,1-2H3. The van der Waals surface area contributed by atoms with Crippen molar-refractivity contribution in [2.24, 2.45) is 0 Å². The van der Waals surface area contributed by atoms with Gasteiger partial charge in [-0.05, 0) is 49.2 Å². The molecule has 0 heterocycles. The van der Waals surface area contributed by atoms with Gasteiger partial charge in [0.1, 0.15) is 11.6 Å². The minimum Gasteiger partial charge on any atom is -0.310 e. The third-order valence-electron chi connectivity index (χ3n) is 3.34. The lowest BCUT2D eigenvalue weighted by molar-refractivity contribution is 0.537. The quantitative estimate of drug-likeness (QED) is 0.803. The number of hydrogen-bond donors (Lipinski definition) is 1. The normalized spacial score (nSPS) is 12.4. The van der Waals surface area contributed by atoms with Crippen LogP contribution in [0.25, 0.3) is 0 Å². The van der Waals surface area contributed by atoms with E-state index >= 15 is 0 Å². The van der Waals surface area contributed by atoms with E-state index in [1.54, 1.807) is 0 Å². The van der Waals surface area contributed by atoms with Gasteiger partial charge < -0.3 is 5.32 Å². The van der Waals surface area contributed by atoms with E-state index in [-0.39, 0.29) is 6.04 Å². The zero-order valence-electron chi connectivity index (χ0n) is 12.1. The maximum absolute atomic E-state index is 13.3. The molecule has 2 aromatic rings. The molecule has 0 saturated heterocycles. The Morgan fingerprint density at radius 1 is 1.10 bits per heavy atom. The highest BCUT2D eigenvalue weighted by molar-refractivity contribution is 9.10. The second kappa shape index (κ2) is 7.14. The molecule has 0 aliphatic heterocycles. The maximum atomic E-state index is 13.3. The van der Waals surface area contributed by atoms with Crippen LogP contribution in [0, 0.1) is 18.6 Å². The summed E-state index contributed by atoms with van der Waals surface area (Å²) in [4.78, 5) is 0. The van der Waals surface area contributed by atoms with Crippen molar-refractivity contribution in [2.75, 3.05) is 6.54 Å². The Kier molecular flexibility index (Phi) is 5.48. The first kappa shape index (κ1) is 16.1. The zero-order valence-corrected chi connectivity index (χ0v) is 13.7. The molecular formula is C17H18BrF2N. The van der Waals surface area contributed by atoms with Crippen molar-refractivity contribution in [2.45, 2.75) is 26.3 Å². The smallest absolute Gasteiger partial charge is 0.126 e. The summed E-state index contributed by atoms with van der Waals surface area (Å²) in [5, 5.41) is 3.38. The Morgan fingerprint density at radius 3 is 2.38 bits per heavy atom. The average molecular weight is 354 g/mol. The molecular weight excluding hydrogens is 336 g/mol. The lowest BCUT2D eigenvalue weighted by Gasteiger charge is -2.20. The third kappa shape index (κ3) is 4.35. The summed E-state index contributed by atoms with van der Waals surface area (Å²) in [7, 11) is 0. The van der Waals surface area contributed by atoms with Crippen LogP contribution in [0.3, 0.4) is 0 Å².